The summed E-state index contributed by atoms with van der Waals surface area (Å²) in [5.41, 5.74) is 10.1. The summed E-state index contributed by atoms with van der Waals surface area (Å²) in [6.07, 6.45) is 0. The van der Waals surface area contributed by atoms with Crippen molar-refractivity contribution in [1.82, 2.24) is 23.5 Å². The molecule has 0 aliphatic carbocycles. The number of hydrogen-bond acceptors (Lipinski definition) is 3. The zero-order chi connectivity index (χ0) is 36.2. The van der Waals surface area contributed by atoms with E-state index in [2.05, 4.69) is 165 Å². The van der Waals surface area contributed by atoms with E-state index in [0.717, 1.165) is 54.7 Å². The van der Waals surface area contributed by atoms with Gasteiger partial charge in [0.25, 0.3) is 0 Å². The second-order valence-corrected chi connectivity index (χ2v) is 14.9. The minimum atomic E-state index is 0.598. The van der Waals surface area contributed by atoms with Crippen LogP contribution in [0.25, 0.3) is 126 Å². The van der Waals surface area contributed by atoms with Gasteiger partial charge in [-0.2, -0.15) is 4.98 Å². The molecular formula is C50H27N5O. The number of para-hydroxylation sites is 5. The van der Waals surface area contributed by atoms with E-state index in [1.165, 1.54) is 54.3 Å². The molecule has 14 aromatic rings. The molecule has 6 nitrogen and oxygen atoms in total. The summed E-state index contributed by atoms with van der Waals surface area (Å²) in [7, 11) is 0. The summed E-state index contributed by atoms with van der Waals surface area (Å²) in [6.45, 7) is 0. The number of fused-ring (bicyclic) bond motifs is 18. The van der Waals surface area contributed by atoms with E-state index in [-0.39, 0.29) is 0 Å². The lowest BCUT2D eigenvalue weighted by Gasteiger charge is -2.12. The third kappa shape index (κ3) is 3.39. The Hall–Kier alpha value is -7.70. The fraction of sp³-hybridized carbons (Fsp3) is 0. The second-order valence-electron chi connectivity index (χ2n) is 14.9. The second kappa shape index (κ2) is 10.1. The van der Waals surface area contributed by atoms with Gasteiger partial charge in [-0.25, -0.2) is 4.98 Å². The Morgan fingerprint density at radius 1 is 0.393 bits per heavy atom. The molecule has 0 saturated carbocycles. The molecule has 0 radical (unpaired) electrons. The van der Waals surface area contributed by atoms with Crippen LogP contribution in [0.5, 0.6) is 0 Å². The summed E-state index contributed by atoms with van der Waals surface area (Å²) in [5.74, 6) is 1.31. The molecule has 0 aliphatic rings. The molecule has 0 spiro atoms. The molecule has 258 valence electrons. The summed E-state index contributed by atoms with van der Waals surface area (Å²) < 4.78 is 13.9. The Balaban J connectivity index is 1.23. The first-order valence-electron chi connectivity index (χ1n) is 19.0. The number of nitrogens with zero attached hydrogens (tertiary/aromatic N) is 5. The summed E-state index contributed by atoms with van der Waals surface area (Å²) in [4.78, 5) is 11.0. The molecular weight excluding hydrogens is 687 g/mol. The van der Waals surface area contributed by atoms with Gasteiger partial charge in [-0.1, -0.05) is 121 Å². The predicted molar refractivity (Wildman–Crippen MR) is 230 cm³/mol. The smallest absolute Gasteiger partial charge is 0.237 e. The molecule has 8 aromatic carbocycles. The normalized spacial score (nSPS) is 12.6. The zero-order valence-electron chi connectivity index (χ0n) is 29.7. The number of hydrogen-bond donors (Lipinski definition) is 0. The minimum Gasteiger partial charge on any atom is -0.450 e. The van der Waals surface area contributed by atoms with Gasteiger partial charge in [0, 0.05) is 53.9 Å². The van der Waals surface area contributed by atoms with E-state index in [1.807, 2.05) is 12.1 Å². The molecule has 6 heterocycles. The van der Waals surface area contributed by atoms with E-state index < -0.39 is 0 Å². The van der Waals surface area contributed by atoms with Crippen LogP contribution in [0.1, 0.15) is 0 Å². The Bertz CT molecular complexity index is 3960. The van der Waals surface area contributed by atoms with Crippen LogP contribution in [0.3, 0.4) is 0 Å². The van der Waals surface area contributed by atoms with Gasteiger partial charge in [0.2, 0.25) is 5.95 Å². The molecule has 0 unspecified atom stereocenters. The molecule has 0 fully saturated rings. The minimum absolute atomic E-state index is 0.598. The molecule has 0 N–H and O–H groups in total. The SMILES string of the molecule is c1ccc2c(c1)ccc1c3cc4c5ccccc5n(-c5nc(-n6c7ccccc7c7ccccc76)nc6c5oc5ccccc56)c4c4c5ccccc5n(c21)c34. The first-order chi connectivity index (χ1) is 27.8. The Labute approximate surface area is 317 Å². The summed E-state index contributed by atoms with van der Waals surface area (Å²) >= 11 is 0. The van der Waals surface area contributed by atoms with E-state index in [1.54, 1.807) is 0 Å². The van der Waals surface area contributed by atoms with E-state index in [4.69, 9.17) is 14.4 Å². The van der Waals surface area contributed by atoms with Crippen LogP contribution in [0.2, 0.25) is 0 Å². The molecule has 6 heteroatoms. The topological polar surface area (TPSA) is 53.2 Å². The van der Waals surface area contributed by atoms with Crippen LogP contribution < -0.4 is 0 Å². The van der Waals surface area contributed by atoms with Crippen molar-refractivity contribution in [3.8, 4) is 11.8 Å². The fourth-order valence-electron chi connectivity index (χ4n) is 9.93. The predicted octanol–water partition coefficient (Wildman–Crippen LogP) is 12.9. The average Bonchev–Trinajstić information content (AvgIpc) is 4.05. The Morgan fingerprint density at radius 3 is 1.71 bits per heavy atom. The molecule has 0 saturated heterocycles. The highest BCUT2D eigenvalue weighted by molar-refractivity contribution is 6.36. The largest absolute Gasteiger partial charge is 0.450 e. The number of rotatable bonds is 2. The van der Waals surface area contributed by atoms with Crippen molar-refractivity contribution in [2.75, 3.05) is 0 Å². The van der Waals surface area contributed by atoms with Gasteiger partial charge in [0.1, 0.15) is 11.1 Å². The third-order valence-electron chi connectivity index (χ3n) is 12.2. The standard InChI is InChI=1S/C50H27N5O/c1-2-14-29-28(13-1)25-26-33-37-27-36-32-17-5-10-22-40(32)55(47(36)43-34-18-6-11-23-41(34)54(45(29)33)46(37)43)49-48-44(35-19-7-12-24-42(35)56-48)51-50(52-49)53-38-20-8-3-15-30(38)31-16-4-9-21-39(31)53/h1-27H. The van der Waals surface area contributed by atoms with Crippen molar-refractivity contribution in [2.24, 2.45) is 0 Å². The third-order valence-corrected chi connectivity index (χ3v) is 12.2. The van der Waals surface area contributed by atoms with Crippen LogP contribution in [0.4, 0.5) is 0 Å². The van der Waals surface area contributed by atoms with Crippen molar-refractivity contribution in [1.29, 1.82) is 0 Å². The summed E-state index contributed by atoms with van der Waals surface area (Å²) in [6, 6.07) is 58.5. The van der Waals surface area contributed by atoms with Gasteiger partial charge in [0.15, 0.2) is 11.4 Å². The fourth-order valence-corrected chi connectivity index (χ4v) is 9.93. The summed E-state index contributed by atoms with van der Waals surface area (Å²) in [5, 5.41) is 13.0. The molecule has 0 atom stereocenters. The van der Waals surface area contributed by atoms with Crippen LogP contribution in [0.15, 0.2) is 168 Å². The van der Waals surface area contributed by atoms with Crippen LogP contribution in [0, 0.1) is 0 Å². The quantitative estimate of drug-likeness (QED) is 0.179. The molecule has 14 rings (SSSR count). The molecule has 0 aliphatic heterocycles. The average molecular weight is 714 g/mol. The van der Waals surface area contributed by atoms with Crippen LogP contribution >= 0.6 is 0 Å². The molecule has 0 amide bonds. The zero-order valence-corrected chi connectivity index (χ0v) is 29.7. The maximum absolute atomic E-state index is 6.83. The van der Waals surface area contributed by atoms with Gasteiger partial charge in [0.05, 0.1) is 38.6 Å². The van der Waals surface area contributed by atoms with Crippen molar-refractivity contribution in [3.05, 3.63) is 164 Å². The van der Waals surface area contributed by atoms with Gasteiger partial charge >= 0.3 is 0 Å². The van der Waals surface area contributed by atoms with E-state index in [9.17, 15) is 0 Å². The van der Waals surface area contributed by atoms with Gasteiger partial charge in [-0.3, -0.25) is 9.13 Å². The highest BCUT2D eigenvalue weighted by Gasteiger charge is 2.28. The molecule has 0 bridgehead atoms. The molecule has 56 heavy (non-hydrogen) atoms. The maximum Gasteiger partial charge on any atom is 0.237 e. The van der Waals surface area contributed by atoms with Crippen LogP contribution in [-0.4, -0.2) is 23.5 Å². The van der Waals surface area contributed by atoms with Gasteiger partial charge in [-0.15, -0.1) is 0 Å². The lowest BCUT2D eigenvalue weighted by molar-refractivity contribution is 0.661. The first-order valence-corrected chi connectivity index (χ1v) is 19.0. The number of aromatic nitrogens is 5. The van der Waals surface area contributed by atoms with Crippen molar-refractivity contribution < 1.29 is 4.42 Å². The van der Waals surface area contributed by atoms with Crippen LogP contribution in [-0.2, 0) is 0 Å². The number of furan rings is 1. The highest BCUT2D eigenvalue weighted by Crippen LogP contribution is 2.48. The molecule has 6 aromatic heterocycles. The van der Waals surface area contributed by atoms with Crippen molar-refractivity contribution >= 4 is 115 Å². The monoisotopic (exact) mass is 713 g/mol. The lowest BCUT2D eigenvalue weighted by Crippen LogP contribution is -2.06. The Kier molecular flexibility index (Phi) is 5.18. The van der Waals surface area contributed by atoms with Crippen molar-refractivity contribution in [3.63, 3.8) is 0 Å². The van der Waals surface area contributed by atoms with E-state index >= 15 is 0 Å². The van der Waals surface area contributed by atoms with Gasteiger partial charge < -0.3 is 8.82 Å². The van der Waals surface area contributed by atoms with E-state index in [0.29, 0.717) is 17.3 Å². The number of benzene rings is 8. The maximum atomic E-state index is 6.83. The lowest BCUT2D eigenvalue weighted by atomic mass is 10.0. The van der Waals surface area contributed by atoms with Gasteiger partial charge in [-0.05, 0) is 47.9 Å². The highest BCUT2D eigenvalue weighted by atomic mass is 16.3. The Morgan fingerprint density at radius 2 is 0.964 bits per heavy atom. The first kappa shape index (κ1) is 28.8. The van der Waals surface area contributed by atoms with Crippen molar-refractivity contribution in [2.45, 2.75) is 0 Å².